The van der Waals surface area contributed by atoms with Crippen molar-refractivity contribution in [2.24, 2.45) is 0 Å². The molecule has 3 aromatic rings. The number of carbonyl (C=O) groups is 1. The van der Waals surface area contributed by atoms with Gasteiger partial charge in [-0.1, -0.05) is 31.0 Å². The third kappa shape index (κ3) is 4.19. The summed E-state index contributed by atoms with van der Waals surface area (Å²) >= 11 is 1.44. The van der Waals surface area contributed by atoms with Crippen LogP contribution >= 0.6 is 11.8 Å². The summed E-state index contributed by atoms with van der Waals surface area (Å²) in [5.74, 6) is 3.26. The van der Waals surface area contributed by atoms with Crippen LogP contribution in [0.25, 0.3) is 11.4 Å². The number of methoxy groups -OCH3 is 1. The van der Waals surface area contributed by atoms with E-state index in [4.69, 9.17) is 14.2 Å². The van der Waals surface area contributed by atoms with Gasteiger partial charge in [0.2, 0.25) is 6.79 Å². The molecule has 0 unspecified atom stereocenters. The van der Waals surface area contributed by atoms with E-state index in [1.807, 2.05) is 24.3 Å². The second kappa shape index (κ2) is 9.24. The highest BCUT2D eigenvalue weighted by atomic mass is 32.2. The van der Waals surface area contributed by atoms with Gasteiger partial charge in [-0.05, 0) is 55.3 Å². The van der Waals surface area contributed by atoms with Crippen LogP contribution in [0.15, 0.2) is 47.6 Å². The van der Waals surface area contributed by atoms with Crippen molar-refractivity contribution in [1.82, 2.24) is 14.8 Å². The largest absolute Gasteiger partial charge is 0.497 e. The predicted octanol–water partition coefficient (Wildman–Crippen LogP) is 5.16. The van der Waals surface area contributed by atoms with Crippen molar-refractivity contribution < 1.29 is 19.0 Å². The van der Waals surface area contributed by atoms with E-state index in [0.717, 1.165) is 35.1 Å². The zero-order valence-electron chi connectivity index (χ0n) is 18.0. The minimum Gasteiger partial charge on any atom is -0.497 e. The normalized spacial score (nSPS) is 15.7. The Balaban J connectivity index is 1.39. The van der Waals surface area contributed by atoms with Crippen molar-refractivity contribution in [3.63, 3.8) is 0 Å². The molecule has 7 nitrogen and oxygen atoms in total. The molecule has 0 amide bonds. The lowest BCUT2D eigenvalue weighted by Gasteiger charge is -2.25. The van der Waals surface area contributed by atoms with Gasteiger partial charge in [-0.3, -0.25) is 9.36 Å². The monoisotopic (exact) mass is 451 g/mol. The van der Waals surface area contributed by atoms with Crippen molar-refractivity contribution in [3.8, 4) is 28.6 Å². The molecular weight excluding hydrogens is 426 g/mol. The molecule has 5 rings (SSSR count). The van der Waals surface area contributed by atoms with E-state index in [1.54, 1.807) is 25.3 Å². The molecule has 32 heavy (non-hydrogen) atoms. The third-order valence-electron chi connectivity index (χ3n) is 5.98. The van der Waals surface area contributed by atoms with Gasteiger partial charge in [-0.2, -0.15) is 0 Å². The Morgan fingerprint density at radius 1 is 1.06 bits per heavy atom. The van der Waals surface area contributed by atoms with E-state index in [0.29, 0.717) is 23.1 Å². The molecule has 1 aliphatic carbocycles. The van der Waals surface area contributed by atoms with Crippen LogP contribution in [0.2, 0.25) is 0 Å². The van der Waals surface area contributed by atoms with Crippen molar-refractivity contribution in [1.29, 1.82) is 0 Å². The standard InChI is InChI=1S/C24H25N3O4S/c1-29-19-10-7-16(8-11-19)23-25-26-24(27(23)18-5-3-2-4-6-18)32-14-20(28)17-9-12-21-22(13-17)31-15-30-21/h7-13,18H,2-6,14-15H2,1H3. The molecule has 1 saturated carbocycles. The van der Waals surface area contributed by atoms with Crippen LogP contribution in [0.5, 0.6) is 17.2 Å². The van der Waals surface area contributed by atoms with Gasteiger partial charge in [0, 0.05) is 17.2 Å². The fraction of sp³-hybridized carbons (Fsp3) is 0.375. The molecule has 2 heterocycles. The molecule has 0 atom stereocenters. The molecule has 1 aliphatic heterocycles. The van der Waals surface area contributed by atoms with Crippen molar-refractivity contribution in [3.05, 3.63) is 48.0 Å². The van der Waals surface area contributed by atoms with Crippen LogP contribution in [-0.4, -0.2) is 40.2 Å². The molecule has 0 radical (unpaired) electrons. The highest BCUT2D eigenvalue weighted by Crippen LogP contribution is 2.37. The Morgan fingerprint density at radius 3 is 2.62 bits per heavy atom. The number of carbonyl (C=O) groups excluding carboxylic acids is 1. The summed E-state index contributed by atoms with van der Waals surface area (Å²) < 4.78 is 18.3. The number of Topliss-reactive ketones (excluding diaryl/α,β-unsaturated/α-hetero) is 1. The maximum atomic E-state index is 12.9. The molecule has 8 heteroatoms. The Morgan fingerprint density at radius 2 is 1.84 bits per heavy atom. The summed E-state index contributed by atoms with van der Waals surface area (Å²) in [7, 11) is 1.66. The number of thioether (sulfide) groups is 1. The van der Waals surface area contributed by atoms with Crippen LogP contribution in [0.3, 0.4) is 0 Å². The van der Waals surface area contributed by atoms with E-state index in [-0.39, 0.29) is 18.3 Å². The number of aromatic nitrogens is 3. The zero-order chi connectivity index (χ0) is 21.9. The number of nitrogens with zero attached hydrogens (tertiary/aromatic N) is 3. The van der Waals surface area contributed by atoms with Crippen LogP contribution in [0.4, 0.5) is 0 Å². The average molecular weight is 452 g/mol. The molecule has 0 spiro atoms. The maximum absolute atomic E-state index is 12.9. The summed E-state index contributed by atoms with van der Waals surface area (Å²) in [6.45, 7) is 0.195. The van der Waals surface area contributed by atoms with Gasteiger partial charge in [0.25, 0.3) is 0 Å². The van der Waals surface area contributed by atoms with Crippen LogP contribution in [-0.2, 0) is 0 Å². The minimum atomic E-state index is 0.0255. The van der Waals surface area contributed by atoms with Crippen LogP contribution < -0.4 is 14.2 Å². The van der Waals surface area contributed by atoms with Crippen molar-refractivity contribution in [2.75, 3.05) is 19.7 Å². The number of benzene rings is 2. The number of hydrogen-bond acceptors (Lipinski definition) is 7. The summed E-state index contributed by atoms with van der Waals surface area (Å²) in [4.78, 5) is 12.9. The fourth-order valence-electron chi connectivity index (χ4n) is 4.26. The SMILES string of the molecule is COc1ccc(-c2nnc(SCC(=O)c3ccc4c(c3)OCO4)n2C2CCCCC2)cc1. The van der Waals surface area contributed by atoms with Gasteiger partial charge in [0.05, 0.1) is 12.9 Å². The first-order chi connectivity index (χ1) is 15.7. The van der Waals surface area contributed by atoms with Crippen LogP contribution in [0, 0.1) is 0 Å². The number of fused-ring (bicyclic) bond motifs is 1. The Labute approximate surface area is 191 Å². The molecule has 0 saturated heterocycles. The Kier molecular flexibility index (Phi) is 6.03. The van der Waals surface area contributed by atoms with E-state index in [1.165, 1.54) is 31.0 Å². The minimum absolute atomic E-state index is 0.0255. The van der Waals surface area contributed by atoms with Crippen molar-refractivity contribution >= 4 is 17.5 Å². The van der Waals surface area contributed by atoms with E-state index in [2.05, 4.69) is 14.8 Å². The lowest BCUT2D eigenvalue weighted by Crippen LogP contribution is -2.15. The second-order valence-electron chi connectivity index (χ2n) is 7.98. The number of ketones is 1. The summed E-state index contributed by atoms with van der Waals surface area (Å²) in [5, 5.41) is 9.79. The van der Waals surface area contributed by atoms with Gasteiger partial charge in [-0.15, -0.1) is 10.2 Å². The molecule has 166 valence electrons. The number of rotatable bonds is 7. The highest BCUT2D eigenvalue weighted by Gasteiger charge is 2.25. The van der Waals surface area contributed by atoms with Gasteiger partial charge >= 0.3 is 0 Å². The lowest BCUT2D eigenvalue weighted by molar-refractivity contribution is 0.102. The molecule has 1 aromatic heterocycles. The molecule has 2 aromatic carbocycles. The van der Waals surface area contributed by atoms with Crippen molar-refractivity contribution in [2.45, 2.75) is 43.3 Å². The summed E-state index contributed by atoms with van der Waals surface area (Å²) in [6, 6.07) is 13.6. The van der Waals surface area contributed by atoms with Crippen LogP contribution in [0.1, 0.15) is 48.5 Å². The maximum Gasteiger partial charge on any atom is 0.231 e. The molecular formula is C24H25N3O4S. The van der Waals surface area contributed by atoms with E-state index >= 15 is 0 Å². The summed E-state index contributed by atoms with van der Waals surface area (Å²) in [5.41, 5.74) is 1.61. The third-order valence-corrected chi connectivity index (χ3v) is 6.92. The quantitative estimate of drug-likeness (QED) is 0.363. The Hall–Kier alpha value is -3.00. The fourth-order valence-corrected chi connectivity index (χ4v) is 5.16. The predicted molar refractivity (Wildman–Crippen MR) is 122 cm³/mol. The van der Waals surface area contributed by atoms with Gasteiger partial charge in [-0.25, -0.2) is 0 Å². The number of hydrogen-bond donors (Lipinski definition) is 0. The van der Waals surface area contributed by atoms with E-state index in [9.17, 15) is 4.79 Å². The first-order valence-corrected chi connectivity index (χ1v) is 11.9. The zero-order valence-corrected chi connectivity index (χ0v) is 18.8. The Bertz CT molecular complexity index is 1110. The first-order valence-electron chi connectivity index (χ1n) is 10.9. The lowest BCUT2D eigenvalue weighted by atomic mass is 9.95. The molecule has 0 N–H and O–H groups in total. The topological polar surface area (TPSA) is 75.5 Å². The van der Waals surface area contributed by atoms with Gasteiger partial charge in [0.15, 0.2) is 28.3 Å². The second-order valence-corrected chi connectivity index (χ2v) is 8.92. The molecule has 0 bridgehead atoms. The smallest absolute Gasteiger partial charge is 0.231 e. The summed E-state index contributed by atoms with van der Waals surface area (Å²) in [6.07, 6.45) is 5.87. The van der Waals surface area contributed by atoms with E-state index < -0.39 is 0 Å². The average Bonchev–Trinajstić information content (AvgIpc) is 3.49. The highest BCUT2D eigenvalue weighted by molar-refractivity contribution is 7.99. The van der Waals surface area contributed by atoms with Gasteiger partial charge < -0.3 is 14.2 Å². The molecule has 2 aliphatic rings. The number of ether oxygens (including phenoxy) is 3. The first kappa shape index (κ1) is 20.9. The molecule has 1 fully saturated rings. The van der Waals surface area contributed by atoms with Gasteiger partial charge in [0.1, 0.15) is 5.75 Å².